The lowest BCUT2D eigenvalue weighted by atomic mass is 9.91. The minimum atomic E-state index is -1.31. The van der Waals surface area contributed by atoms with Gasteiger partial charge < -0.3 is 50.5 Å². The van der Waals surface area contributed by atoms with E-state index in [4.69, 9.17) is 24.6 Å². The molecule has 1 saturated heterocycles. The maximum atomic E-state index is 11.2. The largest absolute Gasteiger partial charge is 0.483 e. The highest BCUT2D eigenvalue weighted by Gasteiger charge is 2.47. The minimum absolute atomic E-state index is 0.128. The Labute approximate surface area is 332 Å². The Morgan fingerprint density at radius 3 is 2.12 bits per heavy atom. The molecule has 0 radical (unpaired) electrons. The van der Waals surface area contributed by atoms with Crippen LogP contribution in [0.4, 0.5) is 23.5 Å². The number of carbonyl (C=O) groups is 1. The van der Waals surface area contributed by atoms with Crippen molar-refractivity contribution in [1.82, 2.24) is 68.8 Å². The van der Waals surface area contributed by atoms with Crippen LogP contribution in [0.1, 0.15) is 62.2 Å². The number of aryl methyl sites for hydroxylation is 3. The van der Waals surface area contributed by atoms with Crippen molar-refractivity contribution in [2.45, 2.75) is 88.6 Å². The van der Waals surface area contributed by atoms with Gasteiger partial charge in [-0.3, -0.25) is 9.36 Å². The van der Waals surface area contributed by atoms with Crippen LogP contribution in [0.3, 0.4) is 0 Å². The van der Waals surface area contributed by atoms with E-state index in [1.54, 1.807) is 29.7 Å². The van der Waals surface area contributed by atoms with Crippen molar-refractivity contribution in [1.29, 1.82) is 0 Å². The molecular weight excluding hydrogens is 753 g/mol. The molecule has 7 N–H and O–H groups in total. The topological polar surface area (TPSA) is 284 Å². The zero-order chi connectivity index (χ0) is 40.6. The van der Waals surface area contributed by atoms with Crippen molar-refractivity contribution < 1.29 is 24.9 Å². The van der Waals surface area contributed by atoms with Crippen LogP contribution < -0.4 is 21.3 Å². The van der Waals surface area contributed by atoms with Gasteiger partial charge >= 0.3 is 0 Å². The maximum Gasteiger partial charge on any atom is 0.290 e. The van der Waals surface area contributed by atoms with Crippen LogP contribution in [0.5, 0.6) is 0 Å². The van der Waals surface area contributed by atoms with E-state index in [0.29, 0.717) is 54.9 Å². The number of carboxylic acid groups (broad SMARTS) is 1. The Bertz CT molecular complexity index is 2250. The normalized spacial score (nSPS) is 21.7. The molecule has 2 aliphatic rings. The van der Waals surface area contributed by atoms with Crippen molar-refractivity contribution in [3.8, 4) is 0 Å². The van der Waals surface area contributed by atoms with E-state index >= 15 is 0 Å². The van der Waals surface area contributed by atoms with Gasteiger partial charge in [0.15, 0.2) is 29.3 Å². The summed E-state index contributed by atoms with van der Waals surface area (Å²) in [7, 11) is 3.89. The molecule has 1 saturated carbocycles. The predicted molar refractivity (Wildman–Crippen MR) is 209 cm³/mol. The number of hydrogen-bond donors (Lipinski definition) is 7. The zero-order valence-electron chi connectivity index (χ0n) is 32.4. The first kappa shape index (κ1) is 39.9. The van der Waals surface area contributed by atoms with Crippen molar-refractivity contribution in [2.24, 2.45) is 14.1 Å². The summed E-state index contributed by atoms with van der Waals surface area (Å²) in [5.41, 5.74) is 2.91. The molecule has 8 rings (SSSR count). The van der Waals surface area contributed by atoms with E-state index < -0.39 is 24.5 Å². The van der Waals surface area contributed by atoms with E-state index in [9.17, 15) is 10.2 Å². The number of ether oxygens (including phenoxy) is 1. The van der Waals surface area contributed by atoms with Crippen LogP contribution in [0.25, 0.3) is 11.2 Å². The Balaban J connectivity index is 0.00000166. The second-order valence-corrected chi connectivity index (χ2v) is 14.1. The van der Waals surface area contributed by atoms with Crippen LogP contribution >= 0.6 is 0 Å². The van der Waals surface area contributed by atoms with Crippen LogP contribution in [0.15, 0.2) is 43.6 Å². The number of imidazole rings is 3. The third-order valence-electron chi connectivity index (χ3n) is 9.86. The van der Waals surface area contributed by atoms with Crippen LogP contribution in [-0.2, 0) is 43.0 Å². The number of fused-ring (bicyclic) bond motifs is 1. The van der Waals surface area contributed by atoms with Gasteiger partial charge in [-0.2, -0.15) is 19.7 Å². The first-order valence-electron chi connectivity index (χ1n) is 19.1. The third-order valence-corrected chi connectivity index (χ3v) is 9.86. The smallest absolute Gasteiger partial charge is 0.290 e. The van der Waals surface area contributed by atoms with Crippen molar-refractivity contribution >= 4 is 41.2 Å². The fourth-order valence-corrected chi connectivity index (χ4v) is 6.99. The number of anilines is 4. The molecule has 0 spiro atoms. The molecule has 6 aromatic heterocycles. The molecule has 7 heterocycles. The first-order valence-corrected chi connectivity index (χ1v) is 19.1. The quantitative estimate of drug-likeness (QED) is 0.0711. The molecule has 0 amide bonds. The lowest BCUT2D eigenvalue weighted by Crippen LogP contribution is -2.33. The highest BCUT2D eigenvalue weighted by Crippen LogP contribution is 2.39. The highest BCUT2D eigenvalue weighted by atomic mass is 16.6. The molecule has 2 fully saturated rings. The number of nitrogens with zero attached hydrogens (tertiary/aromatic N) is 14. The van der Waals surface area contributed by atoms with E-state index in [1.165, 1.54) is 4.80 Å². The number of hydrogen-bond acceptors (Lipinski definition) is 18. The zero-order valence-corrected chi connectivity index (χ0v) is 32.4. The second-order valence-electron chi connectivity index (χ2n) is 14.1. The van der Waals surface area contributed by atoms with Gasteiger partial charge in [-0.15, -0.1) is 10.2 Å². The van der Waals surface area contributed by atoms with Gasteiger partial charge in [-0.1, -0.05) is 0 Å². The Kier molecular flexibility index (Phi) is 12.6. The average molecular weight is 801 g/mol. The summed E-state index contributed by atoms with van der Waals surface area (Å²) in [5, 5.41) is 55.2. The van der Waals surface area contributed by atoms with Crippen LogP contribution in [0, 0.1) is 0 Å². The van der Waals surface area contributed by atoms with E-state index in [1.807, 2.05) is 48.6 Å². The predicted octanol–water partition coefficient (Wildman–Crippen LogP) is 0.927. The summed E-state index contributed by atoms with van der Waals surface area (Å²) in [6.07, 6.45) is 11.3. The Hall–Kier alpha value is -6.33. The molecule has 58 heavy (non-hydrogen) atoms. The number of aliphatic hydroxyl groups is 2. The third kappa shape index (κ3) is 9.44. The van der Waals surface area contributed by atoms with Crippen LogP contribution in [0.2, 0.25) is 0 Å². The summed E-state index contributed by atoms with van der Waals surface area (Å²) < 4.78 is 11.6. The molecule has 1 aliphatic carbocycles. The SMILES string of the molecule is CCn1nnc([C@H]2O[C@@H](n3cnc4c(NC5CCC(Nc6ccnc(NCCc7cn(C)cn7)n6)CC5)nc(NCCc5cn(C)cn5)nc43)[C@H](O)[C@@H]2O)n1.O=CO. The van der Waals surface area contributed by atoms with Gasteiger partial charge in [-0.25, -0.2) is 19.9 Å². The maximum absolute atomic E-state index is 11.2. The standard InChI is InChI=1S/C34H46N18O3.CH2O2/c1-4-52-47-30(46-48-52)28-26(53)27(54)32(55-28)51-19-40-25-29(44-34(45-31(25)51)37-13-10-23-16-50(3)18-39-23)42-21-7-5-20(6-8-21)41-24-11-14-36-33(43-24)35-12-9-22-15-49(2)17-38-22;2-1-3/h11,14-21,26-28,32,53-54H,4-10,12-13H2,1-3H3,(H2,35,36,41,43)(H2,37,42,44,45);1H,(H,2,3)/t20?,21?,26-,27+,28-,32+;/m0./s1. The number of tetrazole rings is 1. The summed E-state index contributed by atoms with van der Waals surface area (Å²) >= 11 is 0. The number of nitrogens with one attached hydrogen (secondary N) is 4. The molecular formula is C35H48N18O5. The van der Waals surface area contributed by atoms with Gasteiger partial charge in [0, 0.05) is 70.7 Å². The van der Waals surface area contributed by atoms with E-state index in [-0.39, 0.29) is 24.4 Å². The molecule has 1 aliphatic heterocycles. The van der Waals surface area contributed by atoms with Crippen molar-refractivity contribution in [2.75, 3.05) is 34.4 Å². The number of aliphatic hydroxyl groups excluding tert-OH is 2. The van der Waals surface area contributed by atoms with Gasteiger partial charge in [0.2, 0.25) is 17.7 Å². The molecule has 6 aromatic rings. The Morgan fingerprint density at radius 1 is 0.845 bits per heavy atom. The van der Waals surface area contributed by atoms with E-state index in [0.717, 1.165) is 49.3 Å². The number of rotatable bonds is 15. The summed E-state index contributed by atoms with van der Waals surface area (Å²) in [6.45, 7) is 3.36. The molecule has 0 unspecified atom stereocenters. The van der Waals surface area contributed by atoms with Crippen LogP contribution in [-0.4, -0.2) is 128 Å². The second kappa shape index (κ2) is 18.3. The van der Waals surface area contributed by atoms with Gasteiger partial charge in [-0.05, 0) is 43.9 Å². The van der Waals surface area contributed by atoms with Crippen molar-refractivity contribution in [3.63, 3.8) is 0 Å². The number of aromatic nitrogens is 14. The summed E-state index contributed by atoms with van der Waals surface area (Å²) in [6, 6.07) is 2.27. The molecule has 308 valence electrons. The molecule has 23 nitrogen and oxygen atoms in total. The fourth-order valence-electron chi connectivity index (χ4n) is 6.99. The van der Waals surface area contributed by atoms with Gasteiger partial charge in [0.1, 0.15) is 18.0 Å². The Morgan fingerprint density at radius 2 is 1.50 bits per heavy atom. The van der Waals surface area contributed by atoms with Crippen molar-refractivity contribution in [3.05, 3.63) is 60.9 Å². The monoisotopic (exact) mass is 800 g/mol. The first-order chi connectivity index (χ1) is 28.2. The summed E-state index contributed by atoms with van der Waals surface area (Å²) in [5.74, 6) is 2.50. The lowest BCUT2D eigenvalue weighted by molar-refractivity contribution is -0.122. The average Bonchev–Trinajstić information content (AvgIpc) is 4.07. The van der Waals surface area contributed by atoms with Gasteiger partial charge in [0.25, 0.3) is 6.47 Å². The molecule has 23 heteroatoms. The highest BCUT2D eigenvalue weighted by molar-refractivity contribution is 5.84. The molecule has 0 aromatic carbocycles. The lowest BCUT2D eigenvalue weighted by Gasteiger charge is -2.30. The minimum Gasteiger partial charge on any atom is -0.483 e. The summed E-state index contributed by atoms with van der Waals surface area (Å²) in [4.78, 5) is 41.9. The van der Waals surface area contributed by atoms with E-state index in [2.05, 4.69) is 61.6 Å². The van der Waals surface area contributed by atoms with Gasteiger partial charge in [0.05, 0.1) is 36.9 Å². The molecule has 4 atom stereocenters. The fraction of sp³-hybridized carbons (Fsp3) is 0.514. The molecule has 0 bridgehead atoms.